The number of anilines is 1. The predicted molar refractivity (Wildman–Crippen MR) is 89.0 cm³/mol. The molecule has 0 aliphatic carbocycles. The molecule has 0 saturated heterocycles. The van der Waals surface area contributed by atoms with Crippen LogP contribution in [0.4, 0.5) is 5.69 Å². The summed E-state index contributed by atoms with van der Waals surface area (Å²) in [6.45, 7) is 5.08. The Hall–Kier alpha value is -2.00. The van der Waals surface area contributed by atoms with Gasteiger partial charge in [0.2, 0.25) is 0 Å². The van der Waals surface area contributed by atoms with Crippen LogP contribution < -0.4 is 9.64 Å². The first-order valence-corrected chi connectivity index (χ1v) is 7.72. The van der Waals surface area contributed by atoms with Crippen LogP contribution in [0.5, 0.6) is 5.75 Å². The molecule has 0 saturated carbocycles. The van der Waals surface area contributed by atoms with Crippen LogP contribution in [-0.2, 0) is 6.54 Å². The van der Waals surface area contributed by atoms with E-state index in [1.54, 1.807) is 6.92 Å². The van der Waals surface area contributed by atoms with Crippen LogP contribution in [0.2, 0.25) is 5.02 Å². The smallest absolute Gasteiger partial charge is 0.159 e. The van der Waals surface area contributed by atoms with Gasteiger partial charge in [-0.1, -0.05) is 29.8 Å². The molecule has 0 bridgehead atoms. The first-order chi connectivity index (χ1) is 10.5. The topological polar surface area (TPSA) is 29.5 Å². The van der Waals surface area contributed by atoms with E-state index in [1.165, 1.54) is 0 Å². The van der Waals surface area contributed by atoms with E-state index in [2.05, 4.69) is 4.90 Å². The lowest BCUT2D eigenvalue weighted by Crippen LogP contribution is -2.38. The van der Waals surface area contributed by atoms with Crippen LogP contribution in [0, 0.1) is 0 Å². The van der Waals surface area contributed by atoms with Gasteiger partial charge in [0, 0.05) is 17.1 Å². The zero-order chi connectivity index (χ0) is 15.7. The Morgan fingerprint density at radius 2 is 2.09 bits per heavy atom. The number of fused-ring (bicyclic) bond motifs is 1. The molecule has 4 heteroatoms. The SMILES string of the molecule is CC(=O)c1ccc2c(c1)N(Cc1ccccc1Cl)CC(C)O2. The molecule has 3 nitrogen and oxygen atoms in total. The summed E-state index contributed by atoms with van der Waals surface area (Å²) < 4.78 is 5.88. The van der Waals surface area contributed by atoms with Gasteiger partial charge in [0.05, 0.1) is 12.2 Å². The van der Waals surface area contributed by atoms with Crippen molar-refractivity contribution in [3.63, 3.8) is 0 Å². The maximum atomic E-state index is 11.6. The third-order valence-electron chi connectivity index (χ3n) is 3.83. The van der Waals surface area contributed by atoms with E-state index in [0.29, 0.717) is 12.1 Å². The van der Waals surface area contributed by atoms with Crippen LogP contribution in [0.15, 0.2) is 42.5 Å². The molecular weight excluding hydrogens is 298 g/mol. The van der Waals surface area contributed by atoms with E-state index in [-0.39, 0.29) is 11.9 Å². The lowest BCUT2D eigenvalue weighted by atomic mass is 10.1. The number of carbonyl (C=O) groups excluding carboxylic acids is 1. The van der Waals surface area contributed by atoms with E-state index < -0.39 is 0 Å². The molecule has 1 heterocycles. The van der Waals surface area contributed by atoms with Gasteiger partial charge in [0.25, 0.3) is 0 Å². The van der Waals surface area contributed by atoms with Crippen LogP contribution in [0.1, 0.15) is 29.8 Å². The summed E-state index contributed by atoms with van der Waals surface area (Å²) in [5.41, 5.74) is 2.71. The van der Waals surface area contributed by atoms with Crippen molar-refractivity contribution in [2.75, 3.05) is 11.4 Å². The maximum Gasteiger partial charge on any atom is 0.159 e. The minimum Gasteiger partial charge on any atom is -0.487 e. The molecular formula is C18H18ClNO2. The summed E-state index contributed by atoms with van der Waals surface area (Å²) in [7, 11) is 0. The van der Waals surface area contributed by atoms with Crippen molar-refractivity contribution in [3.8, 4) is 5.75 Å². The molecule has 0 aromatic heterocycles. The average molecular weight is 316 g/mol. The highest BCUT2D eigenvalue weighted by atomic mass is 35.5. The Morgan fingerprint density at radius 3 is 2.82 bits per heavy atom. The largest absolute Gasteiger partial charge is 0.487 e. The first-order valence-electron chi connectivity index (χ1n) is 7.34. The number of hydrogen-bond acceptors (Lipinski definition) is 3. The van der Waals surface area contributed by atoms with E-state index in [1.807, 2.05) is 49.4 Å². The van der Waals surface area contributed by atoms with Gasteiger partial charge in [-0.25, -0.2) is 0 Å². The molecule has 0 amide bonds. The summed E-state index contributed by atoms with van der Waals surface area (Å²) in [5.74, 6) is 0.870. The van der Waals surface area contributed by atoms with Gasteiger partial charge >= 0.3 is 0 Å². The molecule has 1 aliphatic rings. The monoisotopic (exact) mass is 315 g/mol. The predicted octanol–water partition coefficient (Wildman–Crippen LogP) is 4.33. The molecule has 0 N–H and O–H groups in total. The number of hydrogen-bond donors (Lipinski definition) is 0. The average Bonchev–Trinajstić information content (AvgIpc) is 2.49. The van der Waals surface area contributed by atoms with Gasteiger partial charge in [-0.2, -0.15) is 0 Å². The van der Waals surface area contributed by atoms with E-state index in [4.69, 9.17) is 16.3 Å². The highest BCUT2D eigenvalue weighted by Gasteiger charge is 2.24. The Kier molecular flexibility index (Phi) is 4.08. The number of rotatable bonds is 3. The molecule has 1 atom stereocenters. The fraction of sp³-hybridized carbons (Fsp3) is 0.278. The first kappa shape index (κ1) is 14.9. The quantitative estimate of drug-likeness (QED) is 0.790. The number of ether oxygens (including phenoxy) is 1. The lowest BCUT2D eigenvalue weighted by molar-refractivity contribution is 0.101. The molecule has 1 aliphatic heterocycles. The number of nitrogens with zero attached hydrogens (tertiary/aromatic N) is 1. The van der Waals surface area contributed by atoms with Gasteiger partial charge in [-0.3, -0.25) is 4.79 Å². The third kappa shape index (κ3) is 2.95. The Bertz CT molecular complexity index is 714. The standard InChI is InChI=1S/C18H18ClNO2/c1-12-10-20(11-15-5-3-4-6-16(15)19)17-9-14(13(2)21)7-8-18(17)22-12/h3-9,12H,10-11H2,1-2H3. The van der Waals surface area contributed by atoms with Crippen LogP contribution in [-0.4, -0.2) is 18.4 Å². The van der Waals surface area contributed by atoms with Crippen molar-refractivity contribution in [2.45, 2.75) is 26.5 Å². The summed E-state index contributed by atoms with van der Waals surface area (Å²) in [4.78, 5) is 13.9. The minimum atomic E-state index is 0.0547. The second kappa shape index (κ2) is 6.01. The minimum absolute atomic E-state index is 0.0547. The Labute approximate surface area is 135 Å². The number of ketones is 1. The summed E-state index contributed by atoms with van der Waals surface area (Å²) in [5, 5.41) is 0.755. The van der Waals surface area contributed by atoms with Crippen LogP contribution in [0.25, 0.3) is 0 Å². The van der Waals surface area contributed by atoms with Gasteiger partial charge in [0.1, 0.15) is 11.9 Å². The summed E-state index contributed by atoms with van der Waals surface area (Å²) >= 11 is 6.28. The fourth-order valence-corrected chi connectivity index (χ4v) is 2.92. The third-order valence-corrected chi connectivity index (χ3v) is 4.20. The van der Waals surface area contributed by atoms with Crippen molar-refractivity contribution < 1.29 is 9.53 Å². The normalized spacial score (nSPS) is 16.9. The van der Waals surface area contributed by atoms with Crippen molar-refractivity contribution in [2.24, 2.45) is 0 Å². The molecule has 2 aromatic rings. The molecule has 1 unspecified atom stereocenters. The summed E-state index contributed by atoms with van der Waals surface area (Å²) in [6.07, 6.45) is 0.0955. The number of halogens is 1. The van der Waals surface area contributed by atoms with Gasteiger partial charge in [0.15, 0.2) is 5.78 Å². The maximum absolute atomic E-state index is 11.6. The van der Waals surface area contributed by atoms with E-state index >= 15 is 0 Å². The van der Waals surface area contributed by atoms with Crippen molar-refractivity contribution >= 4 is 23.1 Å². The zero-order valence-corrected chi connectivity index (χ0v) is 13.4. The Balaban J connectivity index is 1.97. The molecule has 0 radical (unpaired) electrons. The second-order valence-corrected chi connectivity index (χ2v) is 6.05. The molecule has 3 rings (SSSR count). The molecule has 114 valence electrons. The highest BCUT2D eigenvalue weighted by Crippen LogP contribution is 2.36. The molecule has 0 fully saturated rings. The number of carbonyl (C=O) groups is 1. The van der Waals surface area contributed by atoms with Crippen LogP contribution >= 0.6 is 11.6 Å². The van der Waals surface area contributed by atoms with Crippen molar-refractivity contribution in [1.29, 1.82) is 0 Å². The van der Waals surface area contributed by atoms with Gasteiger partial charge in [-0.05, 0) is 43.7 Å². The second-order valence-electron chi connectivity index (χ2n) is 5.64. The number of Topliss-reactive ketones (excluding diaryl/α,β-unsaturated/α-hetero) is 1. The molecule has 0 spiro atoms. The van der Waals surface area contributed by atoms with Crippen molar-refractivity contribution in [3.05, 3.63) is 58.6 Å². The van der Waals surface area contributed by atoms with E-state index in [0.717, 1.165) is 28.6 Å². The highest BCUT2D eigenvalue weighted by molar-refractivity contribution is 6.31. The fourth-order valence-electron chi connectivity index (χ4n) is 2.73. The molecule has 22 heavy (non-hydrogen) atoms. The Morgan fingerprint density at radius 1 is 1.32 bits per heavy atom. The van der Waals surface area contributed by atoms with Gasteiger partial charge in [-0.15, -0.1) is 0 Å². The zero-order valence-electron chi connectivity index (χ0n) is 12.7. The van der Waals surface area contributed by atoms with E-state index in [9.17, 15) is 4.79 Å². The lowest BCUT2D eigenvalue weighted by Gasteiger charge is -2.35. The van der Waals surface area contributed by atoms with Crippen LogP contribution in [0.3, 0.4) is 0 Å². The van der Waals surface area contributed by atoms with Crippen molar-refractivity contribution in [1.82, 2.24) is 0 Å². The summed E-state index contributed by atoms with van der Waals surface area (Å²) in [6, 6.07) is 13.4. The number of benzene rings is 2. The van der Waals surface area contributed by atoms with Gasteiger partial charge < -0.3 is 9.64 Å². The molecule has 2 aromatic carbocycles.